The van der Waals surface area contributed by atoms with Gasteiger partial charge in [0.2, 0.25) is 11.8 Å². The fraction of sp³-hybridized carbons (Fsp3) is 0.486. The molecule has 2 amide bonds. The van der Waals surface area contributed by atoms with Gasteiger partial charge in [0, 0.05) is 61.7 Å². The molecule has 1 spiro atoms. The van der Waals surface area contributed by atoms with Crippen molar-refractivity contribution >= 4 is 28.8 Å². The zero-order valence-corrected chi connectivity index (χ0v) is 27.6. The van der Waals surface area contributed by atoms with Crippen molar-refractivity contribution < 1.29 is 9.59 Å². The van der Waals surface area contributed by atoms with E-state index in [2.05, 4.69) is 75.5 Å². The summed E-state index contributed by atoms with van der Waals surface area (Å²) in [6, 6.07) is 14.9. The molecule has 10 heteroatoms. The first kappa shape index (κ1) is 30.2. The smallest absolute Gasteiger partial charge is 0.237 e. The standard InChI is InChI=1S/C37H44N8O2/c1-41-15-9-28(10-16-41)34-32-21-31(8-7-30(32)22-38-34)45-20-14-37(36(45)47)13-19-43(24-37)23-33(46)44-17-11-27(12-18-44)26-3-5-29(6-4-26)35-39-25-42(2)40-35/h3-8,11,21,25,28H,9-10,12-20,22-24H2,1-2H3/t37-/m0/s1. The van der Waals surface area contributed by atoms with E-state index in [1.54, 1.807) is 11.0 Å². The van der Waals surface area contributed by atoms with E-state index in [-0.39, 0.29) is 11.8 Å². The lowest BCUT2D eigenvalue weighted by molar-refractivity contribution is -0.132. The number of carbonyl (C=O) groups is 2. The molecule has 3 fully saturated rings. The first-order valence-corrected chi connectivity index (χ1v) is 17.2. The van der Waals surface area contributed by atoms with E-state index in [0.29, 0.717) is 32.1 Å². The molecule has 0 N–H and O–H groups in total. The number of aliphatic imine (C=N–C) groups is 1. The lowest BCUT2D eigenvalue weighted by Gasteiger charge is -2.29. The monoisotopic (exact) mass is 632 g/mol. The van der Waals surface area contributed by atoms with Crippen LogP contribution in [-0.2, 0) is 23.2 Å². The van der Waals surface area contributed by atoms with Crippen LogP contribution in [0.4, 0.5) is 5.69 Å². The van der Waals surface area contributed by atoms with E-state index in [4.69, 9.17) is 4.99 Å². The van der Waals surface area contributed by atoms with Gasteiger partial charge in [0.1, 0.15) is 6.33 Å². The van der Waals surface area contributed by atoms with Crippen molar-refractivity contribution in [2.75, 3.05) is 64.3 Å². The Morgan fingerprint density at radius 1 is 0.957 bits per heavy atom. The molecule has 244 valence electrons. The number of aromatic nitrogens is 3. The van der Waals surface area contributed by atoms with E-state index in [9.17, 15) is 9.59 Å². The minimum absolute atomic E-state index is 0.149. The van der Waals surface area contributed by atoms with Crippen molar-refractivity contribution in [1.29, 1.82) is 0 Å². The second-order valence-corrected chi connectivity index (χ2v) is 14.2. The summed E-state index contributed by atoms with van der Waals surface area (Å²) < 4.78 is 1.71. The van der Waals surface area contributed by atoms with Crippen LogP contribution in [0.25, 0.3) is 17.0 Å². The van der Waals surface area contributed by atoms with Crippen molar-refractivity contribution in [3.05, 3.63) is 71.6 Å². The summed E-state index contributed by atoms with van der Waals surface area (Å²) >= 11 is 0. The minimum Gasteiger partial charge on any atom is -0.338 e. The van der Waals surface area contributed by atoms with Crippen LogP contribution < -0.4 is 4.90 Å². The molecule has 0 radical (unpaired) electrons. The Hall–Kier alpha value is -4.15. The number of amides is 2. The molecule has 47 heavy (non-hydrogen) atoms. The summed E-state index contributed by atoms with van der Waals surface area (Å²) in [7, 11) is 4.06. The van der Waals surface area contributed by atoms with Crippen LogP contribution in [0.2, 0.25) is 0 Å². The lowest BCUT2D eigenvalue weighted by Crippen LogP contribution is -2.43. The first-order valence-electron chi connectivity index (χ1n) is 17.2. The zero-order valence-electron chi connectivity index (χ0n) is 27.6. The molecular formula is C37H44N8O2. The van der Waals surface area contributed by atoms with Gasteiger partial charge >= 0.3 is 0 Å². The van der Waals surface area contributed by atoms with Gasteiger partial charge < -0.3 is 14.7 Å². The fourth-order valence-corrected chi connectivity index (χ4v) is 8.29. The molecule has 2 aromatic carbocycles. The van der Waals surface area contributed by atoms with Gasteiger partial charge in [-0.25, -0.2) is 4.98 Å². The second kappa shape index (κ2) is 12.1. The predicted octanol–water partition coefficient (Wildman–Crippen LogP) is 3.87. The predicted molar refractivity (Wildman–Crippen MR) is 183 cm³/mol. The quantitative estimate of drug-likeness (QED) is 0.410. The zero-order chi connectivity index (χ0) is 32.1. The molecule has 5 aliphatic heterocycles. The molecule has 0 aliphatic carbocycles. The number of nitrogens with zero attached hydrogens (tertiary/aromatic N) is 8. The highest BCUT2D eigenvalue weighted by Crippen LogP contribution is 2.43. The Morgan fingerprint density at radius 2 is 1.74 bits per heavy atom. The van der Waals surface area contributed by atoms with Gasteiger partial charge in [-0.2, -0.15) is 5.10 Å². The molecule has 3 saturated heterocycles. The van der Waals surface area contributed by atoms with Gasteiger partial charge in [-0.1, -0.05) is 36.4 Å². The molecule has 3 aromatic rings. The number of hydrogen-bond donors (Lipinski definition) is 0. The number of benzene rings is 2. The highest BCUT2D eigenvalue weighted by atomic mass is 16.2. The summed E-state index contributed by atoms with van der Waals surface area (Å²) in [4.78, 5) is 45.3. The number of aryl methyl sites for hydroxylation is 1. The number of fused-ring (bicyclic) bond motifs is 1. The molecule has 10 nitrogen and oxygen atoms in total. The van der Waals surface area contributed by atoms with E-state index in [1.165, 1.54) is 28.0 Å². The first-order chi connectivity index (χ1) is 22.8. The van der Waals surface area contributed by atoms with Crippen molar-refractivity contribution in [1.82, 2.24) is 29.5 Å². The number of likely N-dealkylation sites (tertiary alicyclic amines) is 2. The van der Waals surface area contributed by atoms with Crippen molar-refractivity contribution in [2.45, 2.75) is 38.6 Å². The molecular weight excluding hydrogens is 588 g/mol. The Labute approximate surface area is 276 Å². The maximum absolute atomic E-state index is 14.0. The molecule has 6 heterocycles. The topological polar surface area (TPSA) is 90.2 Å². The van der Waals surface area contributed by atoms with Gasteiger partial charge in [0.05, 0.1) is 18.5 Å². The van der Waals surface area contributed by atoms with Gasteiger partial charge in [-0.05, 0) is 87.6 Å². The Balaban J connectivity index is 0.869. The van der Waals surface area contributed by atoms with Gasteiger partial charge in [-0.3, -0.25) is 24.2 Å². The van der Waals surface area contributed by atoms with Crippen LogP contribution in [0.5, 0.6) is 0 Å². The van der Waals surface area contributed by atoms with Gasteiger partial charge in [0.25, 0.3) is 0 Å². The minimum atomic E-state index is -0.393. The average molecular weight is 633 g/mol. The molecule has 0 saturated carbocycles. The van der Waals surface area contributed by atoms with Crippen molar-refractivity contribution in [3.63, 3.8) is 0 Å². The maximum atomic E-state index is 14.0. The van der Waals surface area contributed by atoms with Gasteiger partial charge in [0.15, 0.2) is 5.82 Å². The molecule has 5 aliphatic rings. The summed E-state index contributed by atoms with van der Waals surface area (Å²) in [5, 5.41) is 4.39. The van der Waals surface area contributed by atoms with E-state index >= 15 is 0 Å². The van der Waals surface area contributed by atoms with Crippen LogP contribution in [-0.4, -0.2) is 106 Å². The average Bonchev–Trinajstić information content (AvgIpc) is 3.89. The second-order valence-electron chi connectivity index (χ2n) is 14.2. The number of anilines is 1. The SMILES string of the molecule is CN1CCC(C2=NCc3ccc(N4CC[C@]5(CCN(CC(=O)N6CC=C(c7ccc(-c8ncn(C)n8)cc7)CC6)C5)C4=O)cc32)CC1. The molecule has 8 rings (SSSR count). The number of rotatable bonds is 6. The molecule has 0 bridgehead atoms. The van der Waals surface area contributed by atoms with Crippen LogP contribution in [0.15, 0.2) is 59.9 Å². The fourth-order valence-electron chi connectivity index (χ4n) is 8.29. The Morgan fingerprint density at radius 3 is 2.49 bits per heavy atom. The Bertz CT molecular complexity index is 1750. The highest BCUT2D eigenvalue weighted by Gasteiger charge is 2.51. The third-order valence-electron chi connectivity index (χ3n) is 11.2. The largest absolute Gasteiger partial charge is 0.338 e. The summed E-state index contributed by atoms with van der Waals surface area (Å²) in [6.07, 6.45) is 8.66. The summed E-state index contributed by atoms with van der Waals surface area (Å²) in [6.45, 7) is 6.86. The lowest BCUT2D eigenvalue weighted by atomic mass is 9.85. The van der Waals surface area contributed by atoms with Crippen LogP contribution in [0, 0.1) is 11.3 Å². The third kappa shape index (κ3) is 5.71. The van der Waals surface area contributed by atoms with Crippen molar-refractivity contribution in [2.24, 2.45) is 23.4 Å². The molecule has 1 atom stereocenters. The molecule has 1 aromatic heterocycles. The van der Waals surface area contributed by atoms with Crippen LogP contribution in [0.3, 0.4) is 0 Å². The van der Waals surface area contributed by atoms with Crippen LogP contribution in [0.1, 0.15) is 48.8 Å². The van der Waals surface area contributed by atoms with E-state index in [0.717, 1.165) is 81.9 Å². The highest BCUT2D eigenvalue weighted by molar-refractivity contribution is 6.07. The van der Waals surface area contributed by atoms with Crippen molar-refractivity contribution in [3.8, 4) is 11.4 Å². The van der Waals surface area contributed by atoms with E-state index < -0.39 is 5.41 Å². The number of carbonyl (C=O) groups excluding carboxylic acids is 2. The molecule has 0 unspecified atom stereocenters. The van der Waals surface area contributed by atoms with Gasteiger partial charge in [-0.15, -0.1) is 0 Å². The normalized spacial score (nSPS) is 23.9. The summed E-state index contributed by atoms with van der Waals surface area (Å²) in [5.74, 6) is 1.60. The van der Waals surface area contributed by atoms with E-state index in [1.807, 2.05) is 16.8 Å². The van der Waals surface area contributed by atoms with Crippen LogP contribution >= 0.6 is 0 Å². The Kier molecular flexibility index (Phi) is 7.80. The maximum Gasteiger partial charge on any atom is 0.237 e. The number of piperidine rings is 1. The summed E-state index contributed by atoms with van der Waals surface area (Å²) in [5.41, 5.74) is 7.83. The number of hydrogen-bond acceptors (Lipinski definition) is 7. The third-order valence-corrected chi connectivity index (χ3v) is 11.2.